The second kappa shape index (κ2) is 4.91. The molecule has 0 saturated carbocycles. The summed E-state index contributed by atoms with van der Waals surface area (Å²) in [4.78, 5) is 4.44. The number of aromatic nitrogens is 1. The molecule has 0 saturated heterocycles. The quantitative estimate of drug-likeness (QED) is 0.893. The fourth-order valence-corrected chi connectivity index (χ4v) is 2.82. The van der Waals surface area contributed by atoms with E-state index >= 15 is 0 Å². The number of aliphatic hydroxyl groups excluding tert-OH is 1. The van der Waals surface area contributed by atoms with Crippen molar-refractivity contribution in [1.29, 1.82) is 0 Å². The van der Waals surface area contributed by atoms with Crippen LogP contribution >= 0.6 is 0 Å². The predicted molar refractivity (Wildman–Crippen MR) is 71.5 cm³/mol. The number of hydrogen-bond donors (Lipinski definition) is 1. The molecule has 2 nitrogen and oxygen atoms in total. The van der Waals surface area contributed by atoms with Crippen molar-refractivity contribution in [3.05, 3.63) is 65.5 Å². The number of hydrogen-bond acceptors (Lipinski definition) is 2. The lowest BCUT2D eigenvalue weighted by molar-refractivity contribution is 0.141. The number of aliphatic hydroxyl groups is 1. The van der Waals surface area contributed by atoms with E-state index in [4.69, 9.17) is 0 Å². The van der Waals surface area contributed by atoms with E-state index in [1.807, 2.05) is 30.5 Å². The van der Waals surface area contributed by atoms with Gasteiger partial charge in [-0.2, -0.15) is 0 Å². The van der Waals surface area contributed by atoms with Crippen molar-refractivity contribution in [1.82, 2.24) is 4.98 Å². The average Bonchev–Trinajstić information content (AvgIpc) is 2.84. The minimum absolute atomic E-state index is 0.196. The van der Waals surface area contributed by atoms with Gasteiger partial charge >= 0.3 is 0 Å². The molecule has 2 unspecified atom stereocenters. The molecule has 1 aromatic heterocycles. The highest BCUT2D eigenvalue weighted by Gasteiger charge is 2.29. The molecule has 0 spiro atoms. The van der Waals surface area contributed by atoms with Gasteiger partial charge in [0.05, 0.1) is 6.10 Å². The van der Waals surface area contributed by atoms with Crippen LogP contribution in [0.25, 0.3) is 0 Å². The molecule has 1 aliphatic carbocycles. The van der Waals surface area contributed by atoms with Crippen LogP contribution in [-0.2, 0) is 12.8 Å². The molecule has 2 aromatic rings. The van der Waals surface area contributed by atoms with E-state index in [2.05, 4.69) is 23.2 Å². The van der Waals surface area contributed by atoms with Crippen molar-refractivity contribution >= 4 is 0 Å². The van der Waals surface area contributed by atoms with E-state index in [1.54, 1.807) is 0 Å². The molecule has 92 valence electrons. The van der Waals surface area contributed by atoms with E-state index in [1.165, 1.54) is 11.1 Å². The van der Waals surface area contributed by atoms with Crippen molar-refractivity contribution in [2.75, 3.05) is 0 Å². The second-order valence-corrected chi connectivity index (χ2v) is 4.95. The topological polar surface area (TPSA) is 33.1 Å². The third-order valence-electron chi connectivity index (χ3n) is 3.75. The van der Waals surface area contributed by atoms with Gasteiger partial charge in [-0.25, -0.2) is 0 Å². The molecule has 0 fully saturated rings. The summed E-state index contributed by atoms with van der Waals surface area (Å²) in [5.74, 6) is 0.196. The highest BCUT2D eigenvalue weighted by molar-refractivity contribution is 5.30. The van der Waals surface area contributed by atoms with Gasteiger partial charge < -0.3 is 5.11 Å². The van der Waals surface area contributed by atoms with Crippen molar-refractivity contribution in [2.24, 2.45) is 0 Å². The minimum Gasteiger partial charge on any atom is -0.392 e. The molecule has 1 aliphatic rings. The molecular formula is C16H17NO. The number of benzene rings is 1. The Kier molecular flexibility index (Phi) is 3.11. The van der Waals surface area contributed by atoms with Crippen LogP contribution in [0, 0.1) is 0 Å². The monoisotopic (exact) mass is 239 g/mol. The Morgan fingerprint density at radius 3 is 2.83 bits per heavy atom. The van der Waals surface area contributed by atoms with Crippen molar-refractivity contribution in [3.8, 4) is 0 Å². The zero-order valence-electron chi connectivity index (χ0n) is 10.3. The third kappa shape index (κ3) is 2.16. The van der Waals surface area contributed by atoms with Crippen molar-refractivity contribution < 1.29 is 5.11 Å². The van der Waals surface area contributed by atoms with Crippen LogP contribution in [0.4, 0.5) is 0 Å². The number of aryl methyl sites for hydroxylation is 1. The van der Waals surface area contributed by atoms with E-state index in [-0.39, 0.29) is 12.0 Å². The average molecular weight is 239 g/mol. The van der Waals surface area contributed by atoms with Gasteiger partial charge in [0.15, 0.2) is 0 Å². The van der Waals surface area contributed by atoms with E-state index in [0.717, 1.165) is 18.5 Å². The summed E-state index contributed by atoms with van der Waals surface area (Å²) in [5.41, 5.74) is 3.59. The zero-order chi connectivity index (χ0) is 12.4. The number of nitrogens with zero attached hydrogens (tertiary/aromatic N) is 1. The summed E-state index contributed by atoms with van der Waals surface area (Å²) >= 11 is 0. The first kappa shape index (κ1) is 11.4. The van der Waals surface area contributed by atoms with Crippen molar-refractivity contribution in [2.45, 2.75) is 31.3 Å². The Labute approximate surface area is 107 Å². The molecule has 0 radical (unpaired) electrons. The minimum atomic E-state index is -0.330. The second-order valence-electron chi connectivity index (χ2n) is 4.95. The van der Waals surface area contributed by atoms with Crippen LogP contribution in [-0.4, -0.2) is 16.2 Å². The van der Waals surface area contributed by atoms with Gasteiger partial charge in [0.2, 0.25) is 0 Å². The first-order chi connectivity index (χ1) is 8.84. The van der Waals surface area contributed by atoms with Crippen molar-refractivity contribution in [3.63, 3.8) is 0 Å². The van der Waals surface area contributed by atoms with Crippen LogP contribution in [0.3, 0.4) is 0 Å². The van der Waals surface area contributed by atoms with Crippen LogP contribution in [0.2, 0.25) is 0 Å². The molecule has 2 heteroatoms. The molecule has 0 aliphatic heterocycles. The van der Waals surface area contributed by atoms with E-state index in [9.17, 15) is 5.11 Å². The summed E-state index contributed by atoms with van der Waals surface area (Å²) in [6, 6.07) is 14.3. The Morgan fingerprint density at radius 1 is 1.17 bits per heavy atom. The molecular weight excluding hydrogens is 222 g/mol. The molecule has 1 heterocycles. The first-order valence-electron chi connectivity index (χ1n) is 6.50. The maximum Gasteiger partial charge on any atom is 0.0664 e. The maximum atomic E-state index is 10.4. The summed E-state index contributed by atoms with van der Waals surface area (Å²) in [6.07, 6.45) is 4.26. The smallest absolute Gasteiger partial charge is 0.0664 e. The molecule has 1 aromatic carbocycles. The van der Waals surface area contributed by atoms with Gasteiger partial charge in [0, 0.05) is 17.8 Å². The van der Waals surface area contributed by atoms with Gasteiger partial charge in [-0.05, 0) is 36.5 Å². The van der Waals surface area contributed by atoms with Gasteiger partial charge in [-0.15, -0.1) is 0 Å². The Bertz CT molecular complexity index is 524. The molecule has 0 bridgehead atoms. The highest BCUT2D eigenvalue weighted by Crippen LogP contribution is 2.34. The summed E-state index contributed by atoms with van der Waals surface area (Å²) < 4.78 is 0. The standard InChI is InChI=1S/C16H17NO/c18-15(11-12-5-2-1-3-6-12)14-9-8-13-7-4-10-17-16(13)14/h1-7,10,14-15,18H,8-9,11H2. The van der Waals surface area contributed by atoms with Gasteiger partial charge in [0.25, 0.3) is 0 Å². The van der Waals surface area contributed by atoms with Gasteiger partial charge in [0.1, 0.15) is 0 Å². The van der Waals surface area contributed by atoms with E-state index < -0.39 is 0 Å². The summed E-state index contributed by atoms with van der Waals surface area (Å²) in [5, 5.41) is 10.4. The lowest BCUT2D eigenvalue weighted by Gasteiger charge is -2.18. The Balaban J connectivity index is 1.77. The normalized spacial score (nSPS) is 19.5. The largest absolute Gasteiger partial charge is 0.392 e. The molecule has 2 atom stereocenters. The van der Waals surface area contributed by atoms with E-state index in [0.29, 0.717) is 6.42 Å². The lowest BCUT2D eigenvalue weighted by atomic mass is 9.94. The summed E-state index contributed by atoms with van der Waals surface area (Å²) in [7, 11) is 0. The Morgan fingerprint density at radius 2 is 2.00 bits per heavy atom. The highest BCUT2D eigenvalue weighted by atomic mass is 16.3. The SMILES string of the molecule is OC(Cc1ccccc1)C1CCc2cccnc21. The van der Waals surface area contributed by atoms with Crippen LogP contribution in [0.1, 0.15) is 29.2 Å². The van der Waals surface area contributed by atoms with Crippen LogP contribution < -0.4 is 0 Å². The number of rotatable bonds is 3. The molecule has 1 N–H and O–H groups in total. The molecule has 0 amide bonds. The van der Waals surface area contributed by atoms with Crippen LogP contribution in [0.15, 0.2) is 48.7 Å². The fraction of sp³-hybridized carbons (Fsp3) is 0.312. The molecule has 3 rings (SSSR count). The van der Waals surface area contributed by atoms with Gasteiger partial charge in [-0.1, -0.05) is 36.4 Å². The van der Waals surface area contributed by atoms with Gasteiger partial charge in [-0.3, -0.25) is 4.98 Å². The predicted octanol–water partition coefficient (Wildman–Crippen LogP) is 2.72. The number of pyridine rings is 1. The third-order valence-corrected chi connectivity index (χ3v) is 3.75. The maximum absolute atomic E-state index is 10.4. The zero-order valence-corrected chi connectivity index (χ0v) is 10.3. The molecule has 18 heavy (non-hydrogen) atoms. The van der Waals surface area contributed by atoms with Crippen LogP contribution in [0.5, 0.6) is 0 Å². The number of fused-ring (bicyclic) bond motifs is 1. The Hall–Kier alpha value is -1.67. The first-order valence-corrected chi connectivity index (χ1v) is 6.50. The fourth-order valence-electron chi connectivity index (χ4n) is 2.82. The summed E-state index contributed by atoms with van der Waals surface area (Å²) in [6.45, 7) is 0. The lowest BCUT2D eigenvalue weighted by Crippen LogP contribution is -2.20.